The third kappa shape index (κ3) is 2.83. The average molecular weight is 252 g/mol. The number of aliphatic carboxylic acids is 1. The van der Waals surface area contributed by atoms with Gasteiger partial charge in [-0.05, 0) is 19.3 Å². The Hall–Kier alpha value is -1.09. The Morgan fingerprint density at radius 3 is 2.72 bits per heavy atom. The van der Waals surface area contributed by atoms with Gasteiger partial charge in [-0.15, -0.1) is 0 Å². The average Bonchev–Trinajstić information content (AvgIpc) is 2.37. The summed E-state index contributed by atoms with van der Waals surface area (Å²) in [5.74, 6) is -0.658. The highest BCUT2D eigenvalue weighted by molar-refractivity contribution is 5.78. The van der Waals surface area contributed by atoms with Gasteiger partial charge >= 0.3 is 5.97 Å². The van der Waals surface area contributed by atoms with E-state index < -0.39 is 11.4 Å². The van der Waals surface area contributed by atoms with Crippen molar-refractivity contribution in [2.75, 3.05) is 13.7 Å². The molecule has 1 N–H and O–H groups in total. The normalized spacial score (nSPS) is 27.1. The Bertz CT molecular complexity index is 344. The van der Waals surface area contributed by atoms with Gasteiger partial charge in [-0.2, -0.15) is 0 Å². The number of methoxy groups -OCH3 is 1. The summed E-state index contributed by atoms with van der Waals surface area (Å²) in [5.41, 5.74) is 0.499. The second-order valence-corrected chi connectivity index (χ2v) is 4.88. The highest BCUT2D eigenvalue weighted by atomic mass is 16.5. The van der Waals surface area contributed by atoms with Crippen LogP contribution in [0.4, 0.5) is 0 Å². The van der Waals surface area contributed by atoms with Gasteiger partial charge in [-0.3, -0.25) is 4.79 Å². The van der Waals surface area contributed by atoms with Crippen LogP contribution in [0, 0.1) is 11.3 Å². The number of ether oxygens (including phenoxy) is 1. The van der Waals surface area contributed by atoms with Gasteiger partial charge in [0.05, 0.1) is 5.41 Å². The van der Waals surface area contributed by atoms with Crippen LogP contribution in [0.2, 0.25) is 0 Å². The molecule has 0 amide bonds. The Labute approximate surface area is 110 Å². The lowest BCUT2D eigenvalue weighted by atomic mass is 9.65. The van der Waals surface area contributed by atoms with Crippen LogP contribution in [0.15, 0.2) is 23.8 Å². The van der Waals surface area contributed by atoms with Crippen molar-refractivity contribution in [3.63, 3.8) is 0 Å². The molecule has 0 saturated carbocycles. The first kappa shape index (κ1) is 15.0. The van der Waals surface area contributed by atoms with E-state index in [-0.39, 0.29) is 5.92 Å². The van der Waals surface area contributed by atoms with Crippen molar-refractivity contribution in [2.24, 2.45) is 11.3 Å². The zero-order chi connectivity index (χ0) is 13.6. The van der Waals surface area contributed by atoms with Crippen molar-refractivity contribution in [3.05, 3.63) is 23.8 Å². The number of carboxylic acid groups (broad SMARTS) is 1. The molecule has 1 aliphatic rings. The third-order valence-electron chi connectivity index (χ3n) is 3.91. The van der Waals surface area contributed by atoms with Crippen LogP contribution in [-0.4, -0.2) is 24.8 Å². The quantitative estimate of drug-likeness (QED) is 0.755. The van der Waals surface area contributed by atoms with Crippen LogP contribution in [0.25, 0.3) is 0 Å². The van der Waals surface area contributed by atoms with Crippen molar-refractivity contribution in [3.8, 4) is 0 Å². The summed E-state index contributed by atoms with van der Waals surface area (Å²) in [7, 11) is 1.66. The first-order valence-electron chi connectivity index (χ1n) is 6.73. The second-order valence-electron chi connectivity index (χ2n) is 4.88. The van der Waals surface area contributed by atoms with Crippen LogP contribution < -0.4 is 0 Å². The van der Waals surface area contributed by atoms with Crippen LogP contribution in [0.1, 0.15) is 39.5 Å². The molecule has 0 saturated heterocycles. The Kier molecular flexibility index (Phi) is 5.60. The number of allylic oxidation sites excluding steroid dienone is 3. The molecule has 0 aromatic rings. The molecule has 0 radical (unpaired) electrons. The fraction of sp³-hybridized carbons (Fsp3) is 0.667. The van der Waals surface area contributed by atoms with Crippen LogP contribution >= 0.6 is 0 Å². The van der Waals surface area contributed by atoms with Gasteiger partial charge < -0.3 is 9.84 Å². The van der Waals surface area contributed by atoms with Crippen molar-refractivity contribution >= 4 is 5.97 Å². The Balaban J connectivity index is 3.05. The van der Waals surface area contributed by atoms with Gasteiger partial charge in [-0.25, -0.2) is 0 Å². The summed E-state index contributed by atoms with van der Waals surface area (Å²) < 4.78 is 5.14. The lowest BCUT2D eigenvalue weighted by Crippen LogP contribution is -2.39. The van der Waals surface area contributed by atoms with E-state index in [9.17, 15) is 9.90 Å². The van der Waals surface area contributed by atoms with Crippen LogP contribution in [0.3, 0.4) is 0 Å². The lowest BCUT2D eigenvalue weighted by Gasteiger charge is -2.38. The summed E-state index contributed by atoms with van der Waals surface area (Å²) in [6, 6.07) is 0. The number of rotatable bonds is 7. The van der Waals surface area contributed by atoms with Gasteiger partial charge in [0.2, 0.25) is 0 Å². The highest BCUT2D eigenvalue weighted by Gasteiger charge is 2.44. The summed E-state index contributed by atoms with van der Waals surface area (Å²) >= 11 is 0. The van der Waals surface area contributed by atoms with Crippen molar-refractivity contribution in [1.29, 1.82) is 0 Å². The molecule has 2 unspecified atom stereocenters. The fourth-order valence-corrected chi connectivity index (χ4v) is 2.87. The zero-order valence-electron chi connectivity index (χ0n) is 11.6. The first-order valence-corrected chi connectivity index (χ1v) is 6.73. The molecule has 0 spiro atoms. The largest absolute Gasteiger partial charge is 0.481 e. The minimum absolute atomic E-state index is 0.0601. The molecule has 2 atom stereocenters. The smallest absolute Gasteiger partial charge is 0.314 e. The topological polar surface area (TPSA) is 46.5 Å². The number of hydrogen-bond acceptors (Lipinski definition) is 2. The van der Waals surface area contributed by atoms with E-state index in [2.05, 4.69) is 13.0 Å². The van der Waals surface area contributed by atoms with Gasteiger partial charge in [0.25, 0.3) is 0 Å². The molecule has 3 heteroatoms. The molecule has 0 aliphatic heterocycles. The van der Waals surface area contributed by atoms with E-state index in [4.69, 9.17) is 4.74 Å². The second kappa shape index (κ2) is 6.74. The fourth-order valence-electron chi connectivity index (χ4n) is 2.87. The summed E-state index contributed by atoms with van der Waals surface area (Å²) in [5, 5.41) is 9.63. The number of hydrogen-bond donors (Lipinski definition) is 1. The zero-order valence-corrected chi connectivity index (χ0v) is 11.6. The standard InChI is InChI=1S/C15H24O3/c1-4-7-12-8-6-10-15(5-2,14(16)17)13(12)9-11-18-3/h6,8,10,13H,4-5,7,9,11H2,1-3H3,(H,16,17). The predicted octanol–water partition coefficient (Wildman–Crippen LogP) is 3.42. The van der Waals surface area contributed by atoms with E-state index in [0.29, 0.717) is 13.0 Å². The summed E-state index contributed by atoms with van der Waals surface area (Å²) in [6.07, 6.45) is 9.25. The molecule has 18 heavy (non-hydrogen) atoms. The third-order valence-corrected chi connectivity index (χ3v) is 3.91. The van der Waals surface area contributed by atoms with Gasteiger partial charge in [0.15, 0.2) is 0 Å². The highest BCUT2D eigenvalue weighted by Crippen LogP contribution is 2.44. The molecular weight excluding hydrogens is 228 g/mol. The van der Waals surface area contributed by atoms with E-state index in [1.807, 2.05) is 19.1 Å². The Morgan fingerprint density at radius 2 is 2.22 bits per heavy atom. The van der Waals surface area contributed by atoms with E-state index in [0.717, 1.165) is 19.3 Å². The molecule has 0 bridgehead atoms. The minimum atomic E-state index is -0.752. The minimum Gasteiger partial charge on any atom is -0.481 e. The number of carboxylic acids is 1. The molecule has 3 nitrogen and oxygen atoms in total. The molecule has 0 fully saturated rings. The van der Waals surface area contributed by atoms with Crippen LogP contribution in [0.5, 0.6) is 0 Å². The first-order chi connectivity index (χ1) is 8.62. The summed E-state index contributed by atoms with van der Waals surface area (Å²) in [4.78, 5) is 11.7. The van der Waals surface area contributed by atoms with E-state index in [1.165, 1.54) is 5.57 Å². The maximum absolute atomic E-state index is 11.7. The van der Waals surface area contributed by atoms with E-state index >= 15 is 0 Å². The van der Waals surface area contributed by atoms with Gasteiger partial charge in [0.1, 0.15) is 0 Å². The molecule has 1 aliphatic carbocycles. The van der Waals surface area contributed by atoms with Crippen molar-refractivity contribution in [1.82, 2.24) is 0 Å². The molecule has 0 aromatic heterocycles. The molecule has 0 heterocycles. The van der Waals surface area contributed by atoms with E-state index in [1.54, 1.807) is 7.11 Å². The van der Waals surface area contributed by atoms with Crippen molar-refractivity contribution in [2.45, 2.75) is 39.5 Å². The van der Waals surface area contributed by atoms with Gasteiger partial charge in [-0.1, -0.05) is 44.1 Å². The molecule has 0 aromatic carbocycles. The summed E-state index contributed by atoms with van der Waals surface area (Å²) in [6.45, 7) is 4.68. The molecular formula is C15H24O3. The predicted molar refractivity (Wildman–Crippen MR) is 72.5 cm³/mol. The van der Waals surface area contributed by atoms with Crippen molar-refractivity contribution < 1.29 is 14.6 Å². The van der Waals surface area contributed by atoms with Gasteiger partial charge in [0, 0.05) is 19.6 Å². The monoisotopic (exact) mass is 252 g/mol. The molecule has 102 valence electrons. The number of carbonyl (C=O) groups is 1. The maximum atomic E-state index is 11.7. The lowest BCUT2D eigenvalue weighted by molar-refractivity contribution is -0.149. The Morgan fingerprint density at radius 1 is 1.50 bits per heavy atom. The maximum Gasteiger partial charge on any atom is 0.314 e. The molecule has 1 rings (SSSR count). The SMILES string of the molecule is CCCC1=CC=CC(CC)(C(=O)O)C1CCOC. The van der Waals surface area contributed by atoms with Crippen LogP contribution in [-0.2, 0) is 9.53 Å².